The first kappa shape index (κ1) is 17.5. The summed E-state index contributed by atoms with van der Waals surface area (Å²) < 4.78 is 5.82. The van der Waals surface area contributed by atoms with E-state index in [0.29, 0.717) is 0 Å². The molecule has 0 aliphatic carbocycles. The number of hydrogen-bond donors (Lipinski definition) is 2. The Balaban J connectivity index is 1.80. The van der Waals surface area contributed by atoms with E-state index in [4.69, 9.17) is 9.73 Å². The maximum absolute atomic E-state index is 5.82. The number of likely N-dealkylation sites (tertiary alicyclic amines) is 1. The van der Waals surface area contributed by atoms with Gasteiger partial charge in [0.25, 0.3) is 0 Å². The lowest BCUT2D eigenvalue weighted by atomic mass is 9.98. The maximum atomic E-state index is 5.82. The predicted octanol–water partition coefficient (Wildman–Crippen LogP) is 1.84. The Morgan fingerprint density at radius 2 is 2.18 bits per heavy atom. The van der Waals surface area contributed by atoms with Crippen molar-refractivity contribution in [3.8, 4) is 0 Å². The van der Waals surface area contributed by atoms with Crippen LogP contribution in [0, 0.1) is 5.92 Å². The molecule has 2 saturated heterocycles. The first-order chi connectivity index (χ1) is 10.6. The molecule has 2 fully saturated rings. The van der Waals surface area contributed by atoms with E-state index in [0.717, 1.165) is 51.0 Å². The quantitative estimate of drug-likeness (QED) is 0.580. The number of hydrogen-bond acceptors (Lipinski definition) is 3. The van der Waals surface area contributed by atoms with Gasteiger partial charge in [0.05, 0.1) is 12.1 Å². The van der Waals surface area contributed by atoms with Crippen LogP contribution in [0.25, 0.3) is 0 Å². The van der Waals surface area contributed by atoms with Gasteiger partial charge in [0.2, 0.25) is 0 Å². The van der Waals surface area contributed by atoms with Crippen molar-refractivity contribution >= 4 is 5.96 Å². The molecule has 0 amide bonds. The molecule has 0 aromatic carbocycles. The molecule has 0 saturated carbocycles. The van der Waals surface area contributed by atoms with E-state index in [1.807, 2.05) is 0 Å². The van der Waals surface area contributed by atoms with E-state index in [1.54, 1.807) is 0 Å². The number of nitrogens with one attached hydrogen (secondary N) is 2. The molecule has 2 heterocycles. The van der Waals surface area contributed by atoms with Crippen molar-refractivity contribution in [2.24, 2.45) is 10.9 Å². The molecule has 2 unspecified atom stereocenters. The Labute approximate surface area is 135 Å². The van der Waals surface area contributed by atoms with Gasteiger partial charge in [0.1, 0.15) is 0 Å². The van der Waals surface area contributed by atoms with E-state index in [1.165, 1.54) is 32.5 Å². The minimum absolute atomic E-state index is 0.0633. The second-order valence-corrected chi connectivity index (χ2v) is 6.88. The van der Waals surface area contributed by atoms with Crippen LogP contribution in [0.5, 0.6) is 0 Å². The van der Waals surface area contributed by atoms with Gasteiger partial charge in [0, 0.05) is 26.2 Å². The number of rotatable bonds is 6. The van der Waals surface area contributed by atoms with Crippen molar-refractivity contribution in [1.29, 1.82) is 0 Å². The molecule has 5 nitrogen and oxygen atoms in total. The molecule has 0 aromatic rings. The zero-order chi connectivity index (χ0) is 15.8. The van der Waals surface area contributed by atoms with Crippen LogP contribution in [0.4, 0.5) is 0 Å². The van der Waals surface area contributed by atoms with E-state index in [-0.39, 0.29) is 5.60 Å². The van der Waals surface area contributed by atoms with Crippen molar-refractivity contribution in [2.45, 2.75) is 52.1 Å². The zero-order valence-electron chi connectivity index (χ0n) is 14.7. The van der Waals surface area contributed by atoms with Crippen LogP contribution in [0.2, 0.25) is 0 Å². The van der Waals surface area contributed by atoms with Gasteiger partial charge in [0.15, 0.2) is 5.96 Å². The van der Waals surface area contributed by atoms with Crippen LogP contribution in [-0.4, -0.2) is 62.3 Å². The SMILES string of the molecule is CCNC(=NCC1(C)CCCO1)NCC1CCCN(CC)C1. The molecule has 0 bridgehead atoms. The van der Waals surface area contributed by atoms with Crippen LogP contribution in [0.3, 0.4) is 0 Å². The number of guanidine groups is 1. The van der Waals surface area contributed by atoms with E-state index >= 15 is 0 Å². The molecule has 128 valence electrons. The van der Waals surface area contributed by atoms with Gasteiger partial charge >= 0.3 is 0 Å². The molecule has 2 N–H and O–H groups in total. The Morgan fingerprint density at radius 3 is 2.86 bits per heavy atom. The molecule has 0 aromatic heterocycles. The lowest BCUT2D eigenvalue weighted by Crippen LogP contribution is -2.45. The highest BCUT2D eigenvalue weighted by molar-refractivity contribution is 5.79. The predicted molar refractivity (Wildman–Crippen MR) is 92.4 cm³/mol. The second-order valence-electron chi connectivity index (χ2n) is 6.88. The van der Waals surface area contributed by atoms with E-state index in [9.17, 15) is 0 Å². The highest BCUT2D eigenvalue weighted by Crippen LogP contribution is 2.25. The summed E-state index contributed by atoms with van der Waals surface area (Å²) in [7, 11) is 0. The molecule has 5 heteroatoms. The number of ether oxygens (including phenoxy) is 1. The third kappa shape index (κ3) is 5.43. The van der Waals surface area contributed by atoms with Gasteiger partial charge in [-0.3, -0.25) is 4.99 Å². The average molecular weight is 310 g/mol. The third-order valence-corrected chi connectivity index (χ3v) is 4.82. The molecule has 2 aliphatic rings. The Morgan fingerprint density at radius 1 is 1.32 bits per heavy atom. The molecule has 2 aliphatic heterocycles. The van der Waals surface area contributed by atoms with Gasteiger partial charge in [-0.1, -0.05) is 6.92 Å². The minimum Gasteiger partial charge on any atom is -0.373 e. The largest absolute Gasteiger partial charge is 0.373 e. The highest BCUT2D eigenvalue weighted by Gasteiger charge is 2.29. The van der Waals surface area contributed by atoms with Crippen molar-refractivity contribution in [3.63, 3.8) is 0 Å². The topological polar surface area (TPSA) is 48.9 Å². The smallest absolute Gasteiger partial charge is 0.191 e. The molecule has 0 radical (unpaired) electrons. The van der Waals surface area contributed by atoms with Crippen LogP contribution < -0.4 is 10.6 Å². The molecule has 22 heavy (non-hydrogen) atoms. The first-order valence-corrected chi connectivity index (χ1v) is 9.03. The van der Waals surface area contributed by atoms with Crippen LogP contribution in [0.1, 0.15) is 46.5 Å². The first-order valence-electron chi connectivity index (χ1n) is 9.03. The van der Waals surface area contributed by atoms with Gasteiger partial charge in [-0.15, -0.1) is 0 Å². The minimum atomic E-state index is -0.0633. The fourth-order valence-electron chi connectivity index (χ4n) is 3.40. The summed E-state index contributed by atoms with van der Waals surface area (Å²) in [6, 6.07) is 0. The van der Waals surface area contributed by atoms with Crippen LogP contribution >= 0.6 is 0 Å². The summed E-state index contributed by atoms with van der Waals surface area (Å²) in [6.45, 7) is 13.7. The lowest BCUT2D eigenvalue weighted by molar-refractivity contribution is 0.0283. The third-order valence-electron chi connectivity index (χ3n) is 4.82. The molecule has 2 atom stereocenters. The Hall–Kier alpha value is -0.810. The summed E-state index contributed by atoms with van der Waals surface area (Å²) in [4.78, 5) is 7.30. The van der Waals surface area contributed by atoms with Crippen molar-refractivity contribution < 1.29 is 4.74 Å². The molecular formula is C17H34N4O. The standard InChI is InChI=1S/C17H34N4O/c1-4-18-16(20-14-17(3)9-7-11-22-17)19-12-15-8-6-10-21(5-2)13-15/h15H,4-14H2,1-3H3,(H2,18,19,20). The number of aliphatic imine (C=N–C) groups is 1. The molecule has 2 rings (SSSR count). The molecule has 0 spiro atoms. The highest BCUT2D eigenvalue weighted by atomic mass is 16.5. The fourth-order valence-corrected chi connectivity index (χ4v) is 3.40. The van der Waals surface area contributed by atoms with Crippen LogP contribution in [0.15, 0.2) is 4.99 Å². The van der Waals surface area contributed by atoms with Gasteiger partial charge in [-0.2, -0.15) is 0 Å². The second kappa shape index (κ2) is 8.73. The maximum Gasteiger partial charge on any atom is 0.191 e. The zero-order valence-corrected chi connectivity index (χ0v) is 14.7. The summed E-state index contributed by atoms with van der Waals surface area (Å²) >= 11 is 0. The van der Waals surface area contributed by atoms with Crippen molar-refractivity contribution in [2.75, 3.05) is 45.9 Å². The average Bonchev–Trinajstić information content (AvgIpc) is 2.97. The summed E-state index contributed by atoms with van der Waals surface area (Å²) in [5.41, 5.74) is -0.0633. The fraction of sp³-hybridized carbons (Fsp3) is 0.941. The van der Waals surface area contributed by atoms with Gasteiger partial charge in [-0.05, 0) is 58.5 Å². The van der Waals surface area contributed by atoms with Crippen LogP contribution in [-0.2, 0) is 4.74 Å². The normalized spacial score (nSPS) is 30.5. The number of nitrogens with zero attached hydrogens (tertiary/aromatic N) is 2. The van der Waals surface area contributed by atoms with E-state index < -0.39 is 0 Å². The monoisotopic (exact) mass is 310 g/mol. The Bertz CT molecular complexity index is 353. The molecular weight excluding hydrogens is 276 g/mol. The summed E-state index contributed by atoms with van der Waals surface area (Å²) in [5.74, 6) is 1.67. The summed E-state index contributed by atoms with van der Waals surface area (Å²) in [5, 5.41) is 6.89. The number of piperidine rings is 1. The van der Waals surface area contributed by atoms with E-state index in [2.05, 4.69) is 36.3 Å². The summed E-state index contributed by atoms with van der Waals surface area (Å²) in [6.07, 6.45) is 4.92. The van der Waals surface area contributed by atoms with Crippen molar-refractivity contribution in [1.82, 2.24) is 15.5 Å². The van der Waals surface area contributed by atoms with Gasteiger partial charge in [-0.25, -0.2) is 0 Å². The Kier molecular flexibility index (Phi) is 6.96. The van der Waals surface area contributed by atoms with Gasteiger partial charge < -0.3 is 20.3 Å². The lowest BCUT2D eigenvalue weighted by Gasteiger charge is -2.32. The van der Waals surface area contributed by atoms with Crippen molar-refractivity contribution in [3.05, 3.63) is 0 Å².